The number of ether oxygens (including phenoxy) is 3. The zero-order valence-electron chi connectivity index (χ0n) is 17.9. The van der Waals surface area contributed by atoms with Crippen molar-refractivity contribution in [2.75, 3.05) is 6.79 Å². The molecule has 178 valence electrons. The van der Waals surface area contributed by atoms with Crippen LogP contribution in [0.3, 0.4) is 0 Å². The van der Waals surface area contributed by atoms with E-state index in [1.165, 1.54) is 4.90 Å². The summed E-state index contributed by atoms with van der Waals surface area (Å²) < 4.78 is 18.1. The summed E-state index contributed by atoms with van der Waals surface area (Å²) in [6, 6.07) is 16.9. The third kappa shape index (κ3) is 5.23. The molecular formula is C25H16Br2ClNO5S. The Kier molecular flexibility index (Phi) is 7.11. The molecule has 1 saturated heterocycles. The first-order valence-corrected chi connectivity index (χ1v) is 13.2. The third-order valence-electron chi connectivity index (χ3n) is 5.29. The fourth-order valence-corrected chi connectivity index (χ4v) is 6.07. The normalized spacial score (nSPS) is 15.9. The van der Waals surface area contributed by atoms with Crippen LogP contribution in [0.25, 0.3) is 6.08 Å². The Balaban J connectivity index is 1.33. The zero-order valence-corrected chi connectivity index (χ0v) is 22.7. The first-order valence-electron chi connectivity index (χ1n) is 10.4. The SMILES string of the molecule is O=C1S/C(=C\c2cc(Br)c(OCc3ccccc3)c(Br)c2)C(=O)N1Cc1cc2c(cc1Cl)OCO2. The summed E-state index contributed by atoms with van der Waals surface area (Å²) in [5.74, 6) is 1.35. The van der Waals surface area contributed by atoms with Gasteiger partial charge in [-0.3, -0.25) is 14.5 Å². The fourth-order valence-electron chi connectivity index (χ4n) is 3.57. The number of hydrogen-bond acceptors (Lipinski definition) is 6. The first-order chi connectivity index (χ1) is 16.9. The van der Waals surface area contributed by atoms with Crippen LogP contribution in [0.1, 0.15) is 16.7 Å². The van der Waals surface area contributed by atoms with Gasteiger partial charge in [0.2, 0.25) is 6.79 Å². The van der Waals surface area contributed by atoms with E-state index in [1.807, 2.05) is 42.5 Å². The standard InChI is InChI=1S/C25H16Br2ClNO5S/c26-17-6-15(7-18(27)23(17)32-12-14-4-2-1-3-5-14)8-22-24(30)29(25(31)35-22)11-16-9-20-21(10-19(16)28)34-13-33-20/h1-10H,11-13H2/b22-8-. The molecule has 0 unspecified atom stereocenters. The number of amides is 2. The number of carbonyl (C=O) groups excluding carboxylic acids is 2. The Bertz CT molecular complexity index is 1340. The van der Waals surface area contributed by atoms with E-state index in [9.17, 15) is 9.59 Å². The van der Waals surface area contributed by atoms with Crippen LogP contribution in [0.15, 0.2) is 68.4 Å². The van der Waals surface area contributed by atoms with Crippen LogP contribution in [-0.4, -0.2) is 22.8 Å². The van der Waals surface area contributed by atoms with Gasteiger partial charge in [-0.15, -0.1) is 0 Å². The number of nitrogens with zero attached hydrogens (tertiary/aromatic N) is 1. The van der Waals surface area contributed by atoms with Gasteiger partial charge in [0.25, 0.3) is 11.1 Å². The molecule has 3 aromatic rings. The van der Waals surface area contributed by atoms with Crippen molar-refractivity contribution < 1.29 is 23.8 Å². The summed E-state index contributed by atoms with van der Waals surface area (Å²) in [7, 11) is 0. The van der Waals surface area contributed by atoms with E-state index in [1.54, 1.807) is 18.2 Å². The Morgan fingerprint density at radius 1 is 1.03 bits per heavy atom. The summed E-state index contributed by atoms with van der Waals surface area (Å²) in [5, 5.41) is 0.0344. The molecule has 0 spiro atoms. The molecule has 0 atom stereocenters. The minimum absolute atomic E-state index is 0.0388. The van der Waals surface area contributed by atoms with E-state index < -0.39 is 0 Å². The maximum Gasteiger partial charge on any atom is 0.293 e. The maximum atomic E-state index is 13.0. The predicted molar refractivity (Wildman–Crippen MR) is 142 cm³/mol. The van der Waals surface area contributed by atoms with Crippen molar-refractivity contribution >= 4 is 72.4 Å². The quantitative estimate of drug-likeness (QED) is 0.263. The first kappa shape index (κ1) is 24.2. The Morgan fingerprint density at radius 3 is 2.43 bits per heavy atom. The van der Waals surface area contributed by atoms with Crippen LogP contribution in [0.2, 0.25) is 5.02 Å². The van der Waals surface area contributed by atoms with E-state index >= 15 is 0 Å². The smallest absolute Gasteiger partial charge is 0.293 e. The van der Waals surface area contributed by atoms with Crippen LogP contribution in [-0.2, 0) is 17.9 Å². The summed E-state index contributed by atoms with van der Waals surface area (Å²) >= 11 is 14.3. The van der Waals surface area contributed by atoms with E-state index in [0.29, 0.717) is 39.3 Å². The molecule has 35 heavy (non-hydrogen) atoms. The predicted octanol–water partition coefficient (Wildman–Crippen LogP) is 7.41. The number of rotatable bonds is 6. The highest BCUT2D eigenvalue weighted by molar-refractivity contribution is 9.11. The molecule has 2 amide bonds. The van der Waals surface area contributed by atoms with Crippen molar-refractivity contribution in [2.24, 2.45) is 0 Å². The second kappa shape index (κ2) is 10.3. The van der Waals surface area contributed by atoms with Crippen molar-refractivity contribution in [3.63, 3.8) is 0 Å². The highest BCUT2D eigenvalue weighted by atomic mass is 79.9. The van der Waals surface area contributed by atoms with E-state index in [2.05, 4.69) is 31.9 Å². The highest BCUT2D eigenvalue weighted by Gasteiger charge is 2.36. The molecule has 6 nitrogen and oxygen atoms in total. The number of carbonyl (C=O) groups is 2. The van der Waals surface area contributed by atoms with Gasteiger partial charge in [-0.05, 0) is 84.6 Å². The number of hydrogen-bond donors (Lipinski definition) is 0. The van der Waals surface area contributed by atoms with Gasteiger partial charge in [-0.1, -0.05) is 41.9 Å². The van der Waals surface area contributed by atoms with Crippen molar-refractivity contribution in [3.8, 4) is 17.2 Å². The molecule has 2 aliphatic rings. The minimum atomic E-state index is -0.384. The van der Waals surface area contributed by atoms with Gasteiger partial charge in [0.05, 0.1) is 20.4 Å². The molecule has 0 N–H and O–H groups in total. The van der Waals surface area contributed by atoms with Crippen LogP contribution in [0.5, 0.6) is 17.2 Å². The number of halogens is 3. The van der Waals surface area contributed by atoms with Gasteiger partial charge in [0, 0.05) is 11.1 Å². The molecule has 0 bridgehead atoms. The third-order valence-corrected chi connectivity index (χ3v) is 7.73. The lowest BCUT2D eigenvalue weighted by Crippen LogP contribution is -2.27. The van der Waals surface area contributed by atoms with E-state index in [4.69, 9.17) is 25.8 Å². The lowest BCUT2D eigenvalue weighted by atomic mass is 10.1. The van der Waals surface area contributed by atoms with Crippen LogP contribution in [0.4, 0.5) is 4.79 Å². The largest absolute Gasteiger partial charge is 0.487 e. The minimum Gasteiger partial charge on any atom is -0.487 e. The number of fused-ring (bicyclic) bond motifs is 1. The Hall–Kier alpha value is -2.46. The molecule has 2 heterocycles. The van der Waals surface area contributed by atoms with Crippen molar-refractivity contribution in [1.29, 1.82) is 0 Å². The van der Waals surface area contributed by atoms with Gasteiger partial charge >= 0.3 is 0 Å². The van der Waals surface area contributed by atoms with Crippen molar-refractivity contribution in [2.45, 2.75) is 13.2 Å². The molecule has 3 aromatic carbocycles. The molecule has 0 aliphatic carbocycles. The Labute approximate surface area is 227 Å². The monoisotopic (exact) mass is 635 g/mol. The molecule has 0 saturated carbocycles. The summed E-state index contributed by atoms with van der Waals surface area (Å²) in [5.41, 5.74) is 2.39. The molecule has 0 aromatic heterocycles. The lowest BCUT2D eigenvalue weighted by molar-refractivity contribution is -0.123. The Morgan fingerprint density at radius 2 is 1.71 bits per heavy atom. The van der Waals surface area contributed by atoms with Crippen LogP contribution < -0.4 is 14.2 Å². The van der Waals surface area contributed by atoms with E-state index in [0.717, 1.165) is 31.8 Å². The lowest BCUT2D eigenvalue weighted by Gasteiger charge is -2.14. The van der Waals surface area contributed by atoms with Gasteiger partial charge in [-0.25, -0.2) is 0 Å². The molecule has 0 radical (unpaired) electrons. The van der Waals surface area contributed by atoms with Gasteiger partial charge in [0.15, 0.2) is 11.5 Å². The van der Waals surface area contributed by atoms with Gasteiger partial charge in [-0.2, -0.15) is 0 Å². The highest BCUT2D eigenvalue weighted by Crippen LogP contribution is 2.40. The van der Waals surface area contributed by atoms with Gasteiger partial charge < -0.3 is 14.2 Å². The maximum absolute atomic E-state index is 13.0. The number of benzene rings is 3. The van der Waals surface area contributed by atoms with Gasteiger partial charge in [0.1, 0.15) is 12.4 Å². The number of imide groups is 1. The summed E-state index contributed by atoms with van der Waals surface area (Å²) in [6.45, 7) is 0.566. The van der Waals surface area contributed by atoms with E-state index in [-0.39, 0.29) is 24.5 Å². The zero-order chi connectivity index (χ0) is 24.5. The summed E-state index contributed by atoms with van der Waals surface area (Å²) in [6.07, 6.45) is 1.68. The molecule has 5 rings (SSSR count). The average molecular weight is 638 g/mol. The number of thioether (sulfide) groups is 1. The second-order valence-corrected chi connectivity index (χ2v) is 10.8. The molecule has 2 aliphatic heterocycles. The fraction of sp³-hybridized carbons (Fsp3) is 0.120. The van der Waals surface area contributed by atoms with Crippen molar-refractivity contribution in [3.05, 3.63) is 90.2 Å². The van der Waals surface area contributed by atoms with Crippen LogP contribution in [0, 0.1) is 0 Å². The molecular weight excluding hydrogens is 622 g/mol. The van der Waals surface area contributed by atoms with Crippen molar-refractivity contribution in [1.82, 2.24) is 4.90 Å². The topological polar surface area (TPSA) is 65.1 Å². The second-order valence-electron chi connectivity index (χ2n) is 7.65. The molecule has 10 heteroatoms. The summed E-state index contributed by atoms with van der Waals surface area (Å²) in [4.78, 5) is 27.2. The average Bonchev–Trinajstić information content (AvgIpc) is 3.38. The molecule has 1 fully saturated rings. The van der Waals surface area contributed by atoms with Crippen LogP contribution >= 0.6 is 55.2 Å².